The van der Waals surface area contributed by atoms with E-state index in [1.807, 2.05) is 20.0 Å². The Hall–Kier alpha value is -1.05. The zero-order valence-corrected chi connectivity index (χ0v) is 6.42. The smallest absolute Gasteiger partial charge is 0.143 e. The summed E-state index contributed by atoms with van der Waals surface area (Å²) in [6.45, 7) is 2.01. The van der Waals surface area contributed by atoms with Crippen LogP contribution in [-0.4, -0.2) is 13.3 Å². The Balaban J connectivity index is 3.94. The van der Waals surface area contributed by atoms with Gasteiger partial charge in [-0.05, 0) is 30.3 Å². The van der Waals surface area contributed by atoms with E-state index < -0.39 is 0 Å². The molecule has 0 radical (unpaired) electrons. The Labute approximate surface area is 61.6 Å². The summed E-state index contributed by atoms with van der Waals surface area (Å²) in [6.07, 6.45) is 6.94. The summed E-state index contributed by atoms with van der Waals surface area (Å²) < 4.78 is 0. The van der Waals surface area contributed by atoms with Crippen LogP contribution in [0.2, 0.25) is 0 Å². The lowest BCUT2D eigenvalue weighted by Crippen LogP contribution is -1.91. The topological polar surface area (TPSA) is 29.1 Å². The number of allylic oxidation sites excluding steroid dienone is 3. The van der Waals surface area contributed by atoms with Crippen LogP contribution in [0, 0.1) is 0 Å². The van der Waals surface area contributed by atoms with E-state index in [1.54, 1.807) is 12.3 Å². The second-order valence-corrected chi connectivity index (χ2v) is 1.85. The molecule has 0 rings (SSSR count). The van der Waals surface area contributed by atoms with Crippen LogP contribution in [0.25, 0.3) is 0 Å². The molecule has 0 unspecified atom stereocenters. The normalized spacial score (nSPS) is 12.0. The zero-order chi connectivity index (χ0) is 7.82. The first-order valence-electron chi connectivity index (χ1n) is 3.33. The number of carbonyl (C=O) groups is 1. The zero-order valence-electron chi connectivity index (χ0n) is 6.42. The van der Waals surface area contributed by atoms with Crippen LogP contribution in [0.4, 0.5) is 0 Å². The van der Waals surface area contributed by atoms with Crippen molar-refractivity contribution < 1.29 is 4.79 Å². The number of aldehydes is 1. The fourth-order valence-electron chi connectivity index (χ4n) is 0.569. The van der Waals surface area contributed by atoms with Gasteiger partial charge in [0.1, 0.15) is 6.29 Å². The molecule has 0 aliphatic carbocycles. The standard InChI is InChI=1S/C8H13NO/c1-3-8(5-7-10)4-6-9-2/h4-7,9H,3H2,1-2H3/b6-4-,8-5-. The molecule has 0 bridgehead atoms. The summed E-state index contributed by atoms with van der Waals surface area (Å²) in [7, 11) is 1.82. The highest BCUT2D eigenvalue weighted by atomic mass is 16.1. The molecule has 0 amide bonds. The van der Waals surface area contributed by atoms with E-state index >= 15 is 0 Å². The van der Waals surface area contributed by atoms with Gasteiger partial charge in [0.25, 0.3) is 0 Å². The van der Waals surface area contributed by atoms with Crippen molar-refractivity contribution in [1.82, 2.24) is 5.32 Å². The third-order valence-electron chi connectivity index (χ3n) is 1.15. The third kappa shape index (κ3) is 3.89. The molecular weight excluding hydrogens is 126 g/mol. The average molecular weight is 139 g/mol. The van der Waals surface area contributed by atoms with E-state index in [0.717, 1.165) is 18.3 Å². The lowest BCUT2D eigenvalue weighted by molar-refractivity contribution is -0.104. The molecule has 0 saturated heterocycles. The minimum atomic E-state index is 0.804. The fourth-order valence-corrected chi connectivity index (χ4v) is 0.569. The molecule has 0 saturated carbocycles. The van der Waals surface area contributed by atoms with Gasteiger partial charge < -0.3 is 5.32 Å². The van der Waals surface area contributed by atoms with Gasteiger partial charge in [0.15, 0.2) is 0 Å². The van der Waals surface area contributed by atoms with E-state index in [9.17, 15) is 4.79 Å². The van der Waals surface area contributed by atoms with Gasteiger partial charge in [-0.15, -0.1) is 0 Å². The van der Waals surface area contributed by atoms with E-state index in [4.69, 9.17) is 0 Å². The minimum absolute atomic E-state index is 0.804. The number of rotatable bonds is 4. The summed E-state index contributed by atoms with van der Waals surface area (Å²) in [5.74, 6) is 0. The van der Waals surface area contributed by atoms with Crippen LogP contribution in [0.5, 0.6) is 0 Å². The van der Waals surface area contributed by atoms with Crippen LogP contribution in [0.15, 0.2) is 23.9 Å². The number of nitrogens with one attached hydrogen (secondary N) is 1. The van der Waals surface area contributed by atoms with Crippen molar-refractivity contribution in [2.45, 2.75) is 13.3 Å². The maximum atomic E-state index is 10.0. The Morgan fingerprint density at radius 3 is 2.70 bits per heavy atom. The quantitative estimate of drug-likeness (QED) is 0.361. The van der Waals surface area contributed by atoms with Crippen LogP contribution < -0.4 is 5.32 Å². The molecule has 2 nitrogen and oxygen atoms in total. The molecule has 0 heterocycles. The van der Waals surface area contributed by atoms with Crippen LogP contribution in [0.1, 0.15) is 13.3 Å². The predicted octanol–water partition coefficient (Wildman–Crippen LogP) is 1.25. The molecule has 0 aromatic heterocycles. The van der Waals surface area contributed by atoms with E-state index in [0.29, 0.717) is 0 Å². The van der Waals surface area contributed by atoms with Crippen molar-refractivity contribution >= 4 is 6.29 Å². The van der Waals surface area contributed by atoms with Gasteiger partial charge in [-0.25, -0.2) is 0 Å². The SMILES string of the molecule is CCC(/C=C\NC)=C/C=O. The molecule has 0 aliphatic heterocycles. The van der Waals surface area contributed by atoms with Gasteiger partial charge in [0.05, 0.1) is 0 Å². The van der Waals surface area contributed by atoms with Crippen LogP contribution in [-0.2, 0) is 4.79 Å². The number of hydrogen-bond donors (Lipinski definition) is 1. The van der Waals surface area contributed by atoms with Crippen molar-refractivity contribution in [1.29, 1.82) is 0 Å². The summed E-state index contributed by atoms with van der Waals surface area (Å²) >= 11 is 0. The molecule has 2 heteroatoms. The van der Waals surface area contributed by atoms with Gasteiger partial charge in [-0.1, -0.05) is 6.92 Å². The molecule has 56 valence electrons. The molecule has 1 N–H and O–H groups in total. The van der Waals surface area contributed by atoms with E-state index in [-0.39, 0.29) is 0 Å². The molecule has 0 aromatic carbocycles. The van der Waals surface area contributed by atoms with E-state index in [1.165, 1.54) is 0 Å². The second kappa shape index (κ2) is 6.08. The highest BCUT2D eigenvalue weighted by molar-refractivity contribution is 5.67. The average Bonchev–Trinajstić information content (AvgIpc) is 1.98. The summed E-state index contributed by atoms with van der Waals surface area (Å²) in [4.78, 5) is 10.0. The predicted molar refractivity (Wildman–Crippen MR) is 42.6 cm³/mol. The lowest BCUT2D eigenvalue weighted by Gasteiger charge is -1.92. The van der Waals surface area contributed by atoms with Gasteiger partial charge in [0, 0.05) is 7.05 Å². The lowest BCUT2D eigenvalue weighted by atomic mass is 10.2. The van der Waals surface area contributed by atoms with Crippen molar-refractivity contribution in [3.63, 3.8) is 0 Å². The van der Waals surface area contributed by atoms with Crippen LogP contribution in [0.3, 0.4) is 0 Å². The first-order valence-corrected chi connectivity index (χ1v) is 3.33. The summed E-state index contributed by atoms with van der Waals surface area (Å²) in [5.41, 5.74) is 1.03. The Kier molecular flexibility index (Phi) is 5.44. The van der Waals surface area contributed by atoms with Crippen molar-refractivity contribution in [3.05, 3.63) is 23.9 Å². The molecule has 0 spiro atoms. The Morgan fingerprint density at radius 2 is 2.30 bits per heavy atom. The maximum absolute atomic E-state index is 10.0. The third-order valence-corrected chi connectivity index (χ3v) is 1.15. The molecular formula is C8H13NO. The van der Waals surface area contributed by atoms with Gasteiger partial charge >= 0.3 is 0 Å². The van der Waals surface area contributed by atoms with Gasteiger partial charge in [-0.3, -0.25) is 4.79 Å². The molecule has 0 atom stereocenters. The van der Waals surface area contributed by atoms with Crippen LogP contribution >= 0.6 is 0 Å². The highest BCUT2D eigenvalue weighted by Crippen LogP contribution is 1.99. The first kappa shape index (κ1) is 8.95. The molecule has 0 aliphatic rings. The minimum Gasteiger partial charge on any atom is -0.394 e. The first-order chi connectivity index (χ1) is 4.85. The summed E-state index contributed by atoms with van der Waals surface area (Å²) in [5, 5.41) is 2.85. The fraction of sp³-hybridized carbons (Fsp3) is 0.375. The monoisotopic (exact) mass is 139 g/mol. The van der Waals surface area contributed by atoms with Crippen molar-refractivity contribution in [2.24, 2.45) is 0 Å². The van der Waals surface area contributed by atoms with Crippen molar-refractivity contribution in [3.8, 4) is 0 Å². The summed E-state index contributed by atoms with van der Waals surface area (Å²) in [6, 6.07) is 0. The number of carbonyl (C=O) groups excluding carboxylic acids is 1. The van der Waals surface area contributed by atoms with Crippen molar-refractivity contribution in [2.75, 3.05) is 7.05 Å². The highest BCUT2D eigenvalue weighted by Gasteiger charge is 1.83. The Morgan fingerprint density at radius 1 is 1.60 bits per heavy atom. The maximum Gasteiger partial charge on any atom is 0.143 e. The Bertz CT molecular complexity index is 147. The van der Waals surface area contributed by atoms with Gasteiger partial charge in [0.2, 0.25) is 0 Å². The second-order valence-electron chi connectivity index (χ2n) is 1.85. The molecule has 0 aromatic rings. The largest absolute Gasteiger partial charge is 0.394 e. The molecule has 0 fully saturated rings. The number of hydrogen-bond acceptors (Lipinski definition) is 2. The molecule has 10 heavy (non-hydrogen) atoms. The van der Waals surface area contributed by atoms with E-state index in [2.05, 4.69) is 5.32 Å². The van der Waals surface area contributed by atoms with Gasteiger partial charge in [-0.2, -0.15) is 0 Å².